The van der Waals surface area contributed by atoms with Crippen LogP contribution in [0.25, 0.3) is 0 Å². The molecule has 0 saturated carbocycles. The predicted molar refractivity (Wildman–Crippen MR) is 58.3 cm³/mol. The summed E-state index contributed by atoms with van der Waals surface area (Å²) in [5, 5.41) is 0. The summed E-state index contributed by atoms with van der Waals surface area (Å²) >= 11 is 0. The second kappa shape index (κ2) is 5.21. The molecule has 1 aromatic rings. The highest BCUT2D eigenvalue weighted by molar-refractivity contribution is 5.46. The van der Waals surface area contributed by atoms with Crippen molar-refractivity contribution >= 4 is 5.69 Å². The normalized spacial score (nSPS) is 11.6. The molecule has 0 unspecified atom stereocenters. The molecule has 5 heteroatoms. The monoisotopic (exact) mass is 232 g/mol. The van der Waals surface area contributed by atoms with Crippen LogP contribution < -0.4 is 10.6 Å². The lowest BCUT2D eigenvalue weighted by Gasteiger charge is -2.20. The van der Waals surface area contributed by atoms with Gasteiger partial charge in [-0.3, -0.25) is 0 Å². The van der Waals surface area contributed by atoms with E-state index in [1.54, 1.807) is 24.1 Å². The van der Waals surface area contributed by atoms with Crippen LogP contribution in [-0.4, -0.2) is 19.8 Å². The van der Waals surface area contributed by atoms with Crippen molar-refractivity contribution in [2.24, 2.45) is 5.73 Å². The zero-order valence-electron chi connectivity index (χ0n) is 9.09. The molecule has 16 heavy (non-hydrogen) atoms. The van der Waals surface area contributed by atoms with Crippen molar-refractivity contribution in [2.75, 3.05) is 18.5 Å². The fourth-order valence-electron chi connectivity index (χ4n) is 1.31. The van der Waals surface area contributed by atoms with Gasteiger partial charge in [-0.1, -0.05) is 12.1 Å². The maximum Gasteiger partial charge on any atom is 0.390 e. The van der Waals surface area contributed by atoms with Crippen molar-refractivity contribution in [3.63, 3.8) is 0 Å². The highest BCUT2D eigenvalue weighted by atomic mass is 19.4. The number of nitrogens with zero attached hydrogens (tertiary/aromatic N) is 1. The SMILES string of the molecule is CN(CCC(F)(F)F)c1ccc(CN)cc1. The minimum Gasteiger partial charge on any atom is -0.374 e. The largest absolute Gasteiger partial charge is 0.390 e. The van der Waals surface area contributed by atoms with Crippen molar-refractivity contribution in [1.82, 2.24) is 0 Å². The molecule has 90 valence electrons. The average Bonchev–Trinajstić information content (AvgIpc) is 2.25. The molecular formula is C11H15F3N2. The number of nitrogens with two attached hydrogens (primary N) is 1. The Morgan fingerprint density at radius 1 is 1.19 bits per heavy atom. The summed E-state index contributed by atoms with van der Waals surface area (Å²) in [5.41, 5.74) is 7.16. The van der Waals surface area contributed by atoms with Crippen LogP contribution in [0, 0.1) is 0 Å². The fourth-order valence-corrected chi connectivity index (χ4v) is 1.31. The molecule has 1 aromatic carbocycles. The number of rotatable bonds is 4. The smallest absolute Gasteiger partial charge is 0.374 e. The molecule has 2 nitrogen and oxygen atoms in total. The first kappa shape index (κ1) is 12.8. The van der Waals surface area contributed by atoms with Gasteiger partial charge in [0.2, 0.25) is 0 Å². The second-order valence-corrected chi connectivity index (χ2v) is 3.66. The number of halogens is 3. The van der Waals surface area contributed by atoms with Gasteiger partial charge in [0, 0.05) is 25.8 Å². The van der Waals surface area contributed by atoms with Crippen LogP contribution in [0.2, 0.25) is 0 Å². The first-order chi connectivity index (χ1) is 7.42. The Morgan fingerprint density at radius 2 is 1.75 bits per heavy atom. The van der Waals surface area contributed by atoms with Crippen molar-refractivity contribution in [3.8, 4) is 0 Å². The van der Waals surface area contributed by atoms with E-state index in [1.165, 1.54) is 0 Å². The summed E-state index contributed by atoms with van der Waals surface area (Å²) in [6, 6.07) is 7.19. The molecule has 0 aliphatic heterocycles. The number of benzene rings is 1. The molecule has 2 N–H and O–H groups in total. The Hall–Kier alpha value is -1.23. The van der Waals surface area contributed by atoms with E-state index in [1.807, 2.05) is 12.1 Å². The summed E-state index contributed by atoms with van der Waals surface area (Å²) in [6.45, 7) is 0.401. The van der Waals surface area contributed by atoms with Crippen LogP contribution in [0.15, 0.2) is 24.3 Å². The maximum absolute atomic E-state index is 12.0. The Balaban J connectivity index is 2.56. The number of hydrogen-bond donors (Lipinski definition) is 1. The Kier molecular flexibility index (Phi) is 4.18. The topological polar surface area (TPSA) is 29.3 Å². The van der Waals surface area contributed by atoms with Gasteiger partial charge < -0.3 is 10.6 Å². The highest BCUT2D eigenvalue weighted by Gasteiger charge is 2.27. The Labute approximate surface area is 92.9 Å². The summed E-state index contributed by atoms with van der Waals surface area (Å²) in [4.78, 5) is 1.58. The molecule has 0 heterocycles. The van der Waals surface area contributed by atoms with E-state index in [4.69, 9.17) is 5.73 Å². The van der Waals surface area contributed by atoms with E-state index < -0.39 is 12.6 Å². The molecule has 0 fully saturated rings. The van der Waals surface area contributed by atoms with E-state index in [0.29, 0.717) is 6.54 Å². The molecule has 0 radical (unpaired) electrons. The molecule has 1 rings (SSSR count). The van der Waals surface area contributed by atoms with Crippen LogP contribution in [0.4, 0.5) is 18.9 Å². The van der Waals surface area contributed by atoms with Crippen LogP contribution in [0.3, 0.4) is 0 Å². The summed E-state index contributed by atoms with van der Waals surface area (Å²) < 4.78 is 36.0. The standard InChI is InChI=1S/C11H15F3N2/c1-16(7-6-11(12,13)14)10-4-2-9(8-15)3-5-10/h2-5H,6-8,15H2,1H3. The van der Waals surface area contributed by atoms with Gasteiger partial charge in [0.15, 0.2) is 0 Å². The minimum absolute atomic E-state index is 0.0362. The van der Waals surface area contributed by atoms with Gasteiger partial charge in [0.1, 0.15) is 0 Å². The van der Waals surface area contributed by atoms with Crippen molar-refractivity contribution in [2.45, 2.75) is 19.1 Å². The predicted octanol–water partition coefficient (Wildman–Crippen LogP) is 2.53. The lowest BCUT2D eigenvalue weighted by Crippen LogP contribution is -2.23. The van der Waals surface area contributed by atoms with Crippen molar-refractivity contribution in [3.05, 3.63) is 29.8 Å². The molecule has 0 amide bonds. The number of alkyl halides is 3. The van der Waals surface area contributed by atoms with Crippen LogP contribution in [-0.2, 0) is 6.54 Å². The second-order valence-electron chi connectivity index (χ2n) is 3.66. The fraction of sp³-hybridized carbons (Fsp3) is 0.455. The highest BCUT2D eigenvalue weighted by Crippen LogP contribution is 2.21. The first-order valence-electron chi connectivity index (χ1n) is 4.99. The number of hydrogen-bond acceptors (Lipinski definition) is 2. The Bertz CT molecular complexity index is 319. The van der Waals surface area contributed by atoms with Crippen molar-refractivity contribution in [1.29, 1.82) is 0 Å². The molecule has 0 atom stereocenters. The zero-order chi connectivity index (χ0) is 12.2. The molecule has 0 saturated heterocycles. The van der Waals surface area contributed by atoms with Gasteiger partial charge >= 0.3 is 6.18 Å². The number of anilines is 1. The van der Waals surface area contributed by atoms with E-state index in [-0.39, 0.29) is 6.54 Å². The van der Waals surface area contributed by atoms with Crippen LogP contribution in [0.1, 0.15) is 12.0 Å². The third-order valence-electron chi connectivity index (χ3n) is 2.34. The van der Waals surface area contributed by atoms with Gasteiger partial charge in [0.05, 0.1) is 6.42 Å². The lowest BCUT2D eigenvalue weighted by atomic mass is 10.2. The van der Waals surface area contributed by atoms with Gasteiger partial charge in [-0.2, -0.15) is 13.2 Å². The quantitative estimate of drug-likeness (QED) is 0.864. The van der Waals surface area contributed by atoms with Crippen LogP contribution >= 0.6 is 0 Å². The average molecular weight is 232 g/mol. The summed E-state index contributed by atoms with van der Waals surface area (Å²) in [6.07, 6.45) is -4.91. The van der Waals surface area contributed by atoms with Gasteiger partial charge in [-0.05, 0) is 17.7 Å². The third kappa shape index (κ3) is 4.10. The molecular weight excluding hydrogens is 217 g/mol. The molecule has 0 aliphatic rings. The van der Waals surface area contributed by atoms with E-state index >= 15 is 0 Å². The maximum atomic E-state index is 12.0. The van der Waals surface area contributed by atoms with E-state index in [0.717, 1.165) is 11.3 Å². The summed E-state index contributed by atoms with van der Waals surface area (Å²) in [7, 11) is 1.64. The lowest BCUT2D eigenvalue weighted by molar-refractivity contribution is -0.132. The van der Waals surface area contributed by atoms with Crippen molar-refractivity contribution < 1.29 is 13.2 Å². The molecule has 0 aromatic heterocycles. The van der Waals surface area contributed by atoms with Crippen LogP contribution in [0.5, 0.6) is 0 Å². The minimum atomic E-state index is -4.11. The van der Waals surface area contributed by atoms with E-state index in [9.17, 15) is 13.2 Å². The van der Waals surface area contributed by atoms with Gasteiger partial charge in [-0.25, -0.2) is 0 Å². The van der Waals surface area contributed by atoms with E-state index in [2.05, 4.69) is 0 Å². The zero-order valence-corrected chi connectivity index (χ0v) is 9.09. The van der Waals surface area contributed by atoms with Gasteiger partial charge in [-0.15, -0.1) is 0 Å². The third-order valence-corrected chi connectivity index (χ3v) is 2.34. The Morgan fingerprint density at radius 3 is 2.19 bits per heavy atom. The summed E-state index contributed by atoms with van der Waals surface area (Å²) in [5.74, 6) is 0. The molecule has 0 spiro atoms. The molecule has 0 aliphatic carbocycles. The molecule has 0 bridgehead atoms. The van der Waals surface area contributed by atoms with Gasteiger partial charge in [0.25, 0.3) is 0 Å². The first-order valence-corrected chi connectivity index (χ1v) is 4.99.